The summed E-state index contributed by atoms with van der Waals surface area (Å²) in [7, 11) is 2.09. The summed E-state index contributed by atoms with van der Waals surface area (Å²) in [4.78, 5) is 25.1. The van der Waals surface area contributed by atoms with Crippen molar-refractivity contribution in [1.82, 2.24) is 19.8 Å². The van der Waals surface area contributed by atoms with Crippen molar-refractivity contribution in [3.63, 3.8) is 0 Å². The Balaban J connectivity index is 1.52. The number of likely N-dealkylation sites (N-methyl/N-ethyl adjacent to an activating group) is 1. The molecule has 0 bridgehead atoms. The zero-order valence-electron chi connectivity index (χ0n) is 18.4. The fourth-order valence-electron chi connectivity index (χ4n) is 4.24. The third-order valence-corrected chi connectivity index (χ3v) is 6.11. The van der Waals surface area contributed by atoms with Crippen LogP contribution < -0.4 is 5.32 Å². The predicted molar refractivity (Wildman–Crippen MR) is 122 cm³/mol. The molecule has 158 valence electrons. The molecule has 1 amide bonds. The molecule has 6 nitrogen and oxygen atoms in total. The highest BCUT2D eigenvalue weighted by molar-refractivity contribution is 5.95. The molecular weight excluding hydrogens is 374 g/mol. The fourth-order valence-corrected chi connectivity index (χ4v) is 4.24. The molecule has 0 radical (unpaired) electrons. The summed E-state index contributed by atoms with van der Waals surface area (Å²) in [5.41, 5.74) is 6.95. The fraction of sp³-hybridized carbons (Fsp3) is 0.417. The summed E-state index contributed by atoms with van der Waals surface area (Å²) < 4.78 is 0. The number of pyridine rings is 1. The number of hydrogen-bond acceptors (Lipinski definition) is 4. The number of aryl methyl sites for hydroxylation is 3. The Hall–Kier alpha value is -2.86. The largest absolute Gasteiger partial charge is 0.366 e. The standard InChI is InChI=1S/C24H31N5O/c1-5-21-17(3)20-13-16(2)12-19(23(20)27-21)15-26-22-14-18(6-7-25-22)24(30)29-10-8-28(4)9-11-29/h6-7,12-14,27H,5,8-11,15H2,1-4H3,(H,25,26). The Morgan fingerprint density at radius 1 is 1.17 bits per heavy atom. The van der Waals surface area contributed by atoms with Crippen molar-refractivity contribution in [3.8, 4) is 0 Å². The van der Waals surface area contributed by atoms with Gasteiger partial charge in [0.15, 0.2) is 0 Å². The van der Waals surface area contributed by atoms with Crippen molar-refractivity contribution >= 4 is 22.6 Å². The van der Waals surface area contributed by atoms with Crippen LogP contribution in [-0.2, 0) is 13.0 Å². The summed E-state index contributed by atoms with van der Waals surface area (Å²) in [6, 6.07) is 8.13. The van der Waals surface area contributed by atoms with Crippen LogP contribution in [0.25, 0.3) is 10.9 Å². The van der Waals surface area contributed by atoms with Crippen molar-refractivity contribution in [2.24, 2.45) is 0 Å². The van der Waals surface area contributed by atoms with Crippen molar-refractivity contribution in [1.29, 1.82) is 0 Å². The number of benzene rings is 1. The van der Waals surface area contributed by atoms with Crippen LogP contribution in [0.4, 0.5) is 5.82 Å². The second kappa shape index (κ2) is 8.48. The number of aromatic nitrogens is 2. The molecule has 1 aliphatic heterocycles. The topological polar surface area (TPSA) is 64.3 Å². The van der Waals surface area contributed by atoms with E-state index < -0.39 is 0 Å². The lowest BCUT2D eigenvalue weighted by molar-refractivity contribution is 0.0664. The summed E-state index contributed by atoms with van der Waals surface area (Å²) >= 11 is 0. The van der Waals surface area contributed by atoms with Gasteiger partial charge in [0.25, 0.3) is 5.91 Å². The minimum absolute atomic E-state index is 0.0825. The lowest BCUT2D eigenvalue weighted by atomic mass is 10.0. The van der Waals surface area contributed by atoms with Gasteiger partial charge in [-0.1, -0.05) is 18.6 Å². The van der Waals surface area contributed by atoms with E-state index in [0.29, 0.717) is 12.1 Å². The van der Waals surface area contributed by atoms with E-state index in [-0.39, 0.29) is 5.91 Å². The van der Waals surface area contributed by atoms with E-state index >= 15 is 0 Å². The van der Waals surface area contributed by atoms with E-state index in [1.807, 2.05) is 11.0 Å². The molecule has 2 N–H and O–H groups in total. The zero-order chi connectivity index (χ0) is 21.3. The van der Waals surface area contributed by atoms with Crippen LogP contribution in [-0.4, -0.2) is 58.9 Å². The maximum Gasteiger partial charge on any atom is 0.254 e. The Morgan fingerprint density at radius 3 is 2.67 bits per heavy atom. The van der Waals surface area contributed by atoms with Gasteiger partial charge in [-0.05, 0) is 56.6 Å². The Bertz CT molecular complexity index is 1060. The predicted octanol–water partition coefficient (Wildman–Crippen LogP) is 3.74. The Morgan fingerprint density at radius 2 is 1.93 bits per heavy atom. The molecule has 0 atom stereocenters. The molecule has 1 fully saturated rings. The molecular formula is C24H31N5O. The molecule has 2 aromatic heterocycles. The van der Waals surface area contributed by atoms with E-state index in [0.717, 1.165) is 38.4 Å². The number of hydrogen-bond donors (Lipinski definition) is 2. The molecule has 3 aromatic rings. The molecule has 1 saturated heterocycles. The van der Waals surface area contributed by atoms with Gasteiger partial charge in [0, 0.05) is 55.6 Å². The number of fused-ring (bicyclic) bond motifs is 1. The summed E-state index contributed by atoms with van der Waals surface area (Å²) in [6.07, 6.45) is 2.70. The zero-order valence-corrected chi connectivity index (χ0v) is 18.4. The maximum absolute atomic E-state index is 12.9. The highest BCUT2D eigenvalue weighted by Gasteiger charge is 2.20. The molecule has 6 heteroatoms. The maximum atomic E-state index is 12.9. The monoisotopic (exact) mass is 405 g/mol. The molecule has 3 heterocycles. The van der Waals surface area contributed by atoms with Crippen LogP contribution >= 0.6 is 0 Å². The number of carbonyl (C=O) groups is 1. The first-order chi connectivity index (χ1) is 14.5. The van der Waals surface area contributed by atoms with Gasteiger partial charge in [0.05, 0.1) is 5.52 Å². The number of aromatic amines is 1. The normalized spacial score (nSPS) is 15.0. The molecule has 0 unspecified atom stereocenters. The van der Waals surface area contributed by atoms with Crippen molar-refractivity contribution < 1.29 is 4.79 Å². The van der Waals surface area contributed by atoms with Gasteiger partial charge in [-0.25, -0.2) is 4.98 Å². The van der Waals surface area contributed by atoms with Crippen LogP contribution in [0.3, 0.4) is 0 Å². The van der Waals surface area contributed by atoms with Crippen LogP contribution in [0.15, 0.2) is 30.5 Å². The van der Waals surface area contributed by atoms with Crippen LogP contribution in [0.1, 0.15) is 39.7 Å². The van der Waals surface area contributed by atoms with Gasteiger partial charge in [-0.3, -0.25) is 4.79 Å². The number of carbonyl (C=O) groups excluding carboxylic acids is 1. The first kappa shape index (κ1) is 20.4. The molecule has 0 spiro atoms. The average Bonchev–Trinajstić information content (AvgIpc) is 3.08. The molecule has 0 aliphatic carbocycles. The number of amides is 1. The van der Waals surface area contributed by atoms with Gasteiger partial charge in [-0.2, -0.15) is 0 Å². The van der Waals surface area contributed by atoms with Gasteiger partial charge in [-0.15, -0.1) is 0 Å². The van der Waals surface area contributed by atoms with Crippen LogP contribution in [0.5, 0.6) is 0 Å². The summed E-state index contributed by atoms with van der Waals surface area (Å²) in [5.74, 6) is 0.808. The highest BCUT2D eigenvalue weighted by atomic mass is 16.2. The molecule has 1 aliphatic rings. The third kappa shape index (κ3) is 4.05. The quantitative estimate of drug-likeness (QED) is 0.679. The van der Waals surface area contributed by atoms with E-state index in [4.69, 9.17) is 0 Å². The molecule has 0 saturated carbocycles. The number of rotatable bonds is 5. The number of nitrogens with zero attached hydrogens (tertiary/aromatic N) is 3. The van der Waals surface area contributed by atoms with Crippen LogP contribution in [0.2, 0.25) is 0 Å². The van der Waals surface area contributed by atoms with Crippen LogP contribution in [0, 0.1) is 13.8 Å². The number of H-pyrrole nitrogens is 1. The van der Waals surface area contributed by atoms with Gasteiger partial charge in [0.1, 0.15) is 5.82 Å². The second-order valence-corrected chi connectivity index (χ2v) is 8.31. The Labute approximate surface area is 178 Å². The van der Waals surface area contributed by atoms with Crippen molar-refractivity contribution in [3.05, 3.63) is 58.4 Å². The number of nitrogens with one attached hydrogen (secondary N) is 2. The van der Waals surface area contributed by atoms with Gasteiger partial charge in [0.2, 0.25) is 0 Å². The number of piperazine rings is 1. The minimum Gasteiger partial charge on any atom is -0.366 e. The summed E-state index contributed by atoms with van der Waals surface area (Å²) in [5, 5.41) is 4.71. The summed E-state index contributed by atoms with van der Waals surface area (Å²) in [6.45, 7) is 10.5. The van der Waals surface area contributed by atoms with E-state index in [1.165, 1.54) is 33.3 Å². The van der Waals surface area contributed by atoms with E-state index in [2.05, 4.69) is 60.1 Å². The average molecular weight is 406 g/mol. The van der Waals surface area contributed by atoms with Gasteiger partial charge < -0.3 is 20.1 Å². The lowest BCUT2D eigenvalue weighted by Crippen LogP contribution is -2.47. The lowest BCUT2D eigenvalue weighted by Gasteiger charge is -2.32. The minimum atomic E-state index is 0.0825. The number of anilines is 1. The first-order valence-corrected chi connectivity index (χ1v) is 10.7. The SMILES string of the molecule is CCc1[nH]c2c(CNc3cc(C(=O)N4CCN(C)CC4)ccn3)cc(C)cc2c1C. The van der Waals surface area contributed by atoms with Crippen molar-refractivity contribution in [2.75, 3.05) is 38.5 Å². The Kier molecular flexibility index (Phi) is 5.77. The third-order valence-electron chi connectivity index (χ3n) is 6.11. The van der Waals surface area contributed by atoms with E-state index in [9.17, 15) is 4.79 Å². The second-order valence-electron chi connectivity index (χ2n) is 8.31. The van der Waals surface area contributed by atoms with Crippen molar-refractivity contribution in [2.45, 2.75) is 33.7 Å². The first-order valence-electron chi connectivity index (χ1n) is 10.7. The van der Waals surface area contributed by atoms with Gasteiger partial charge >= 0.3 is 0 Å². The highest BCUT2D eigenvalue weighted by Crippen LogP contribution is 2.27. The molecule has 4 rings (SSSR count). The van der Waals surface area contributed by atoms with E-state index in [1.54, 1.807) is 12.3 Å². The smallest absolute Gasteiger partial charge is 0.254 e. The molecule has 30 heavy (non-hydrogen) atoms. The molecule has 1 aromatic carbocycles.